The van der Waals surface area contributed by atoms with Crippen LogP contribution in [0.4, 0.5) is 5.69 Å². The maximum absolute atomic E-state index is 9.10. The number of aliphatic carboxylic acids is 4. The zero-order valence-electron chi connectivity index (χ0n) is 12.6. The SMILES string of the molecule is COc1ccc2nccc(N)c2n1.O=C(O)C(=O)O.O=C(O)C(=O)O. The smallest absolute Gasteiger partial charge is 0.414 e. The van der Waals surface area contributed by atoms with Crippen molar-refractivity contribution in [2.75, 3.05) is 12.8 Å². The van der Waals surface area contributed by atoms with Crippen LogP contribution in [0.5, 0.6) is 5.88 Å². The van der Waals surface area contributed by atoms with Gasteiger partial charge in [0.15, 0.2) is 0 Å². The molecule has 0 bridgehead atoms. The van der Waals surface area contributed by atoms with Gasteiger partial charge in [0.2, 0.25) is 5.88 Å². The third-order valence-electron chi connectivity index (χ3n) is 2.16. The molecule has 0 aliphatic heterocycles. The summed E-state index contributed by atoms with van der Waals surface area (Å²) in [7, 11) is 1.57. The van der Waals surface area contributed by atoms with Crippen molar-refractivity contribution < 1.29 is 44.3 Å². The number of aromatic nitrogens is 2. The first kappa shape index (κ1) is 21.0. The summed E-state index contributed by atoms with van der Waals surface area (Å²) in [5.74, 6) is -6.75. The zero-order valence-corrected chi connectivity index (χ0v) is 12.6. The van der Waals surface area contributed by atoms with Crippen LogP contribution in [0.1, 0.15) is 0 Å². The second-order valence-corrected chi connectivity index (χ2v) is 3.84. The average molecular weight is 355 g/mol. The van der Waals surface area contributed by atoms with E-state index < -0.39 is 23.9 Å². The monoisotopic (exact) mass is 355 g/mol. The van der Waals surface area contributed by atoms with Gasteiger partial charge in [-0.25, -0.2) is 24.2 Å². The Morgan fingerprint density at radius 2 is 1.40 bits per heavy atom. The first-order valence-electron chi connectivity index (χ1n) is 6.07. The van der Waals surface area contributed by atoms with Gasteiger partial charge in [-0.3, -0.25) is 4.98 Å². The molecule has 12 nitrogen and oxygen atoms in total. The van der Waals surface area contributed by atoms with Crippen LogP contribution in [0.25, 0.3) is 11.0 Å². The summed E-state index contributed by atoms with van der Waals surface area (Å²) in [5.41, 5.74) is 7.80. The van der Waals surface area contributed by atoms with Crippen molar-refractivity contribution in [3.63, 3.8) is 0 Å². The van der Waals surface area contributed by atoms with E-state index in [1.807, 2.05) is 6.07 Å². The molecule has 0 fully saturated rings. The fourth-order valence-corrected chi connectivity index (χ4v) is 1.14. The van der Waals surface area contributed by atoms with Gasteiger partial charge in [0.05, 0.1) is 18.3 Å². The van der Waals surface area contributed by atoms with Gasteiger partial charge in [-0.05, 0) is 12.1 Å². The normalized spacial score (nSPS) is 8.84. The van der Waals surface area contributed by atoms with E-state index in [1.54, 1.807) is 25.4 Å². The molecule has 2 heterocycles. The average Bonchev–Trinajstić information content (AvgIpc) is 2.56. The number of pyridine rings is 2. The highest BCUT2D eigenvalue weighted by Crippen LogP contribution is 2.19. The topological polar surface area (TPSA) is 210 Å². The Morgan fingerprint density at radius 3 is 1.80 bits per heavy atom. The molecule has 0 amide bonds. The molecule has 0 aliphatic rings. The van der Waals surface area contributed by atoms with Crippen LogP contribution in [-0.4, -0.2) is 61.4 Å². The number of anilines is 1. The lowest BCUT2D eigenvalue weighted by Gasteiger charge is -2.02. The van der Waals surface area contributed by atoms with E-state index in [1.165, 1.54) is 0 Å². The Kier molecular flexibility index (Phi) is 8.36. The third-order valence-corrected chi connectivity index (χ3v) is 2.16. The molecule has 2 aromatic heterocycles. The summed E-state index contributed by atoms with van der Waals surface area (Å²) < 4.78 is 4.98. The Hall–Kier alpha value is -3.96. The summed E-state index contributed by atoms with van der Waals surface area (Å²) in [6.07, 6.45) is 1.66. The Morgan fingerprint density at radius 1 is 0.920 bits per heavy atom. The van der Waals surface area contributed by atoms with E-state index in [0.717, 1.165) is 5.52 Å². The molecule has 25 heavy (non-hydrogen) atoms. The molecule has 0 spiro atoms. The Labute approximate surface area is 139 Å². The molecule has 0 radical (unpaired) electrons. The number of rotatable bonds is 1. The van der Waals surface area contributed by atoms with E-state index in [-0.39, 0.29) is 0 Å². The number of fused-ring (bicyclic) bond motifs is 1. The molecule has 0 aromatic carbocycles. The van der Waals surface area contributed by atoms with E-state index in [9.17, 15) is 0 Å². The number of nitrogen functional groups attached to an aromatic ring is 1. The van der Waals surface area contributed by atoms with Crippen LogP contribution in [0, 0.1) is 0 Å². The van der Waals surface area contributed by atoms with Gasteiger partial charge >= 0.3 is 23.9 Å². The first-order valence-corrected chi connectivity index (χ1v) is 6.07. The minimum Gasteiger partial charge on any atom is -0.481 e. The van der Waals surface area contributed by atoms with Crippen molar-refractivity contribution in [3.8, 4) is 5.88 Å². The fourth-order valence-electron chi connectivity index (χ4n) is 1.14. The molecular weight excluding hydrogens is 342 g/mol. The van der Waals surface area contributed by atoms with Gasteiger partial charge in [-0.15, -0.1) is 0 Å². The summed E-state index contributed by atoms with van der Waals surface area (Å²) in [5, 5.41) is 29.6. The van der Waals surface area contributed by atoms with E-state index in [0.29, 0.717) is 17.1 Å². The maximum atomic E-state index is 9.10. The largest absolute Gasteiger partial charge is 0.481 e. The van der Waals surface area contributed by atoms with Crippen LogP contribution in [0.15, 0.2) is 24.4 Å². The molecule has 2 aromatic rings. The minimum atomic E-state index is -1.82. The molecule has 0 aliphatic carbocycles. The molecule has 134 valence electrons. The predicted molar refractivity (Wildman–Crippen MR) is 81.0 cm³/mol. The second kappa shape index (κ2) is 9.94. The molecular formula is C13H13N3O9. The van der Waals surface area contributed by atoms with Gasteiger partial charge in [0.1, 0.15) is 5.52 Å². The lowest BCUT2D eigenvalue weighted by Crippen LogP contribution is -2.09. The summed E-state index contributed by atoms with van der Waals surface area (Å²) in [6, 6.07) is 5.31. The predicted octanol–water partition coefficient (Wildman–Crippen LogP) is -0.468. The van der Waals surface area contributed by atoms with Crippen molar-refractivity contribution in [1.82, 2.24) is 9.97 Å². The number of methoxy groups -OCH3 is 1. The molecule has 0 saturated carbocycles. The second-order valence-electron chi connectivity index (χ2n) is 3.84. The van der Waals surface area contributed by atoms with E-state index in [2.05, 4.69) is 9.97 Å². The standard InChI is InChI=1S/C9H9N3O.2C2H2O4/c1-13-8-3-2-7-9(12-8)6(10)4-5-11-7;2*3-1(4)2(5)6/h2-5H,1H3,(H2,10,11);2*(H,3,4)(H,5,6). The van der Waals surface area contributed by atoms with E-state index in [4.69, 9.17) is 50.1 Å². The number of carboxylic acid groups (broad SMARTS) is 4. The van der Waals surface area contributed by atoms with Crippen molar-refractivity contribution in [3.05, 3.63) is 24.4 Å². The molecule has 0 saturated heterocycles. The van der Waals surface area contributed by atoms with Gasteiger partial charge < -0.3 is 30.9 Å². The number of carbonyl (C=O) groups is 4. The Bertz CT molecular complexity index is 743. The molecule has 0 unspecified atom stereocenters. The van der Waals surface area contributed by atoms with Gasteiger partial charge in [0, 0.05) is 12.3 Å². The van der Waals surface area contributed by atoms with Crippen molar-refractivity contribution >= 4 is 40.6 Å². The minimum absolute atomic E-state index is 0.548. The number of ether oxygens (including phenoxy) is 1. The highest BCUT2D eigenvalue weighted by molar-refractivity contribution is 6.27. The van der Waals surface area contributed by atoms with Crippen LogP contribution in [0.3, 0.4) is 0 Å². The van der Waals surface area contributed by atoms with E-state index >= 15 is 0 Å². The van der Waals surface area contributed by atoms with Crippen molar-refractivity contribution in [2.45, 2.75) is 0 Å². The Balaban J connectivity index is 0.000000406. The van der Waals surface area contributed by atoms with Crippen LogP contribution >= 0.6 is 0 Å². The lowest BCUT2D eigenvalue weighted by atomic mass is 10.3. The van der Waals surface area contributed by atoms with Crippen molar-refractivity contribution in [1.29, 1.82) is 0 Å². The van der Waals surface area contributed by atoms with Crippen LogP contribution in [-0.2, 0) is 19.2 Å². The number of hydrogen-bond acceptors (Lipinski definition) is 8. The number of nitrogens with zero attached hydrogens (tertiary/aromatic N) is 2. The molecule has 12 heteroatoms. The van der Waals surface area contributed by atoms with Gasteiger partial charge in [-0.1, -0.05) is 0 Å². The first-order chi connectivity index (χ1) is 11.6. The van der Waals surface area contributed by atoms with Crippen LogP contribution in [0.2, 0.25) is 0 Å². The number of carboxylic acids is 4. The number of nitrogens with two attached hydrogens (primary N) is 1. The van der Waals surface area contributed by atoms with Crippen LogP contribution < -0.4 is 10.5 Å². The molecule has 0 atom stereocenters. The number of hydrogen-bond donors (Lipinski definition) is 5. The van der Waals surface area contributed by atoms with Gasteiger partial charge in [0.25, 0.3) is 0 Å². The highest BCUT2D eigenvalue weighted by atomic mass is 16.5. The van der Waals surface area contributed by atoms with Crippen molar-refractivity contribution in [2.24, 2.45) is 0 Å². The fraction of sp³-hybridized carbons (Fsp3) is 0.0769. The zero-order chi connectivity index (χ0) is 19.6. The maximum Gasteiger partial charge on any atom is 0.414 e. The van der Waals surface area contributed by atoms with Gasteiger partial charge in [-0.2, -0.15) is 0 Å². The summed E-state index contributed by atoms with van der Waals surface area (Å²) >= 11 is 0. The summed E-state index contributed by atoms with van der Waals surface area (Å²) in [6.45, 7) is 0. The quantitative estimate of drug-likeness (QED) is 0.411. The molecule has 6 N–H and O–H groups in total. The lowest BCUT2D eigenvalue weighted by molar-refractivity contribution is -0.159. The highest BCUT2D eigenvalue weighted by Gasteiger charge is 2.04. The molecule has 2 rings (SSSR count). The third kappa shape index (κ3) is 7.73. The summed E-state index contributed by atoms with van der Waals surface area (Å²) in [4.78, 5) is 44.7.